The fourth-order valence-corrected chi connectivity index (χ4v) is 0.905. The highest BCUT2D eigenvalue weighted by Gasteiger charge is 2.29. The summed E-state index contributed by atoms with van der Waals surface area (Å²) in [5.74, 6) is -0.984. The minimum Gasteiger partial charge on any atom is -0.273 e. The molecule has 0 spiro atoms. The van der Waals surface area contributed by atoms with Crippen LogP contribution in [0.4, 0.5) is 0 Å². The van der Waals surface area contributed by atoms with Crippen molar-refractivity contribution in [3.8, 4) is 0 Å². The SMILES string of the molecule is CCC(=O)NN1C(=O)CCC1=O. The van der Waals surface area contributed by atoms with Crippen molar-refractivity contribution in [2.45, 2.75) is 26.2 Å². The summed E-state index contributed by atoms with van der Waals surface area (Å²) in [6, 6.07) is 0. The topological polar surface area (TPSA) is 66.5 Å². The Hall–Kier alpha value is -1.39. The van der Waals surface area contributed by atoms with E-state index in [1.165, 1.54) is 0 Å². The van der Waals surface area contributed by atoms with Gasteiger partial charge < -0.3 is 0 Å². The molecule has 5 nitrogen and oxygen atoms in total. The first kappa shape index (κ1) is 8.70. The molecule has 1 aliphatic heterocycles. The lowest BCUT2D eigenvalue weighted by molar-refractivity contribution is -0.147. The summed E-state index contributed by atoms with van der Waals surface area (Å²) in [7, 11) is 0. The summed E-state index contributed by atoms with van der Waals surface area (Å²) >= 11 is 0. The van der Waals surface area contributed by atoms with Crippen molar-refractivity contribution in [2.75, 3.05) is 0 Å². The van der Waals surface area contributed by atoms with Crippen LogP contribution in [0.1, 0.15) is 26.2 Å². The van der Waals surface area contributed by atoms with Crippen LogP contribution in [0.25, 0.3) is 0 Å². The molecule has 1 heterocycles. The monoisotopic (exact) mass is 170 g/mol. The van der Waals surface area contributed by atoms with Gasteiger partial charge in [-0.1, -0.05) is 6.92 Å². The molecule has 0 atom stereocenters. The van der Waals surface area contributed by atoms with E-state index in [2.05, 4.69) is 5.43 Å². The number of nitrogens with zero attached hydrogens (tertiary/aromatic N) is 1. The smallest absolute Gasteiger partial charge is 0.248 e. The fraction of sp³-hybridized carbons (Fsp3) is 0.571. The Morgan fingerprint density at radius 3 is 2.33 bits per heavy atom. The van der Waals surface area contributed by atoms with E-state index in [9.17, 15) is 14.4 Å². The lowest BCUT2D eigenvalue weighted by atomic mass is 10.4. The molecule has 3 amide bonds. The lowest BCUT2D eigenvalue weighted by Crippen LogP contribution is -2.45. The summed E-state index contributed by atoms with van der Waals surface area (Å²) in [5, 5.41) is 0.797. The van der Waals surface area contributed by atoms with Crippen LogP contribution in [0, 0.1) is 0 Å². The van der Waals surface area contributed by atoms with Gasteiger partial charge in [-0.15, -0.1) is 0 Å². The van der Waals surface area contributed by atoms with Crippen molar-refractivity contribution >= 4 is 17.7 Å². The molecule has 1 rings (SSSR count). The van der Waals surface area contributed by atoms with Crippen LogP contribution in [0.5, 0.6) is 0 Å². The molecule has 5 heteroatoms. The second kappa shape index (κ2) is 3.34. The molecule has 1 saturated heterocycles. The van der Waals surface area contributed by atoms with Crippen LogP contribution in [0.3, 0.4) is 0 Å². The van der Waals surface area contributed by atoms with Crippen molar-refractivity contribution in [3.63, 3.8) is 0 Å². The van der Waals surface area contributed by atoms with E-state index < -0.39 is 0 Å². The van der Waals surface area contributed by atoms with Crippen LogP contribution >= 0.6 is 0 Å². The maximum absolute atomic E-state index is 10.9. The average molecular weight is 170 g/mol. The Morgan fingerprint density at radius 1 is 1.42 bits per heavy atom. The molecule has 0 saturated carbocycles. The van der Waals surface area contributed by atoms with Gasteiger partial charge in [0.25, 0.3) is 0 Å². The summed E-state index contributed by atoms with van der Waals surface area (Å²) in [4.78, 5) is 32.7. The molecular weight excluding hydrogens is 160 g/mol. The van der Waals surface area contributed by atoms with Gasteiger partial charge in [0.05, 0.1) is 0 Å². The predicted molar refractivity (Wildman–Crippen MR) is 39.5 cm³/mol. The summed E-state index contributed by atoms with van der Waals surface area (Å²) in [5.41, 5.74) is 2.22. The van der Waals surface area contributed by atoms with Gasteiger partial charge in [-0.25, -0.2) is 0 Å². The van der Waals surface area contributed by atoms with E-state index >= 15 is 0 Å². The van der Waals surface area contributed by atoms with Gasteiger partial charge in [-0.3, -0.25) is 19.8 Å². The number of amides is 3. The number of hydrogen-bond donors (Lipinski definition) is 1. The normalized spacial score (nSPS) is 16.9. The average Bonchev–Trinajstić information content (AvgIpc) is 2.35. The molecule has 0 radical (unpaired) electrons. The number of hydrogen-bond acceptors (Lipinski definition) is 3. The van der Waals surface area contributed by atoms with Gasteiger partial charge in [-0.05, 0) is 0 Å². The van der Waals surface area contributed by atoms with Gasteiger partial charge in [0.2, 0.25) is 17.7 Å². The first-order chi connectivity index (χ1) is 5.65. The Labute approximate surface area is 69.7 Å². The quantitative estimate of drug-likeness (QED) is 0.572. The van der Waals surface area contributed by atoms with Crippen molar-refractivity contribution in [2.24, 2.45) is 0 Å². The van der Waals surface area contributed by atoms with E-state index in [1.54, 1.807) is 6.92 Å². The summed E-state index contributed by atoms with van der Waals surface area (Å²) in [6.07, 6.45) is 0.655. The minimum absolute atomic E-state index is 0.197. The Bertz CT molecular complexity index is 221. The molecule has 0 unspecified atom stereocenters. The standard InChI is InChI=1S/C7H10N2O3/c1-2-5(10)8-9-6(11)3-4-7(9)12/h2-4H2,1H3,(H,8,10). The Balaban J connectivity index is 2.56. The molecule has 0 aromatic heterocycles. The van der Waals surface area contributed by atoms with Gasteiger partial charge in [0.1, 0.15) is 0 Å². The maximum atomic E-state index is 10.9. The third-order valence-corrected chi connectivity index (χ3v) is 1.61. The molecule has 0 aromatic rings. The molecule has 66 valence electrons. The molecule has 12 heavy (non-hydrogen) atoms. The number of carbonyl (C=O) groups is 3. The third kappa shape index (κ3) is 1.61. The zero-order valence-corrected chi connectivity index (χ0v) is 6.79. The molecule has 1 N–H and O–H groups in total. The van der Waals surface area contributed by atoms with Gasteiger partial charge in [-0.2, -0.15) is 5.01 Å². The maximum Gasteiger partial charge on any atom is 0.248 e. The number of imide groups is 1. The van der Waals surface area contributed by atoms with Crippen LogP contribution < -0.4 is 5.43 Å². The van der Waals surface area contributed by atoms with Crippen LogP contribution in [0.2, 0.25) is 0 Å². The van der Waals surface area contributed by atoms with Crippen LogP contribution in [-0.4, -0.2) is 22.7 Å². The van der Waals surface area contributed by atoms with Crippen molar-refractivity contribution < 1.29 is 14.4 Å². The summed E-state index contributed by atoms with van der Waals surface area (Å²) < 4.78 is 0. The van der Waals surface area contributed by atoms with Crippen LogP contribution in [-0.2, 0) is 14.4 Å². The van der Waals surface area contributed by atoms with E-state index in [0.717, 1.165) is 5.01 Å². The predicted octanol–water partition coefficient (Wildman–Crippen LogP) is -0.423. The zero-order valence-electron chi connectivity index (χ0n) is 6.79. The highest BCUT2D eigenvalue weighted by molar-refractivity contribution is 6.03. The van der Waals surface area contributed by atoms with E-state index in [4.69, 9.17) is 0 Å². The van der Waals surface area contributed by atoms with Crippen molar-refractivity contribution in [1.82, 2.24) is 10.4 Å². The lowest BCUT2D eigenvalue weighted by Gasteiger charge is -2.13. The number of hydrazine groups is 1. The molecule has 0 bridgehead atoms. The molecule has 0 aliphatic carbocycles. The minimum atomic E-state index is -0.332. The first-order valence-corrected chi connectivity index (χ1v) is 3.80. The van der Waals surface area contributed by atoms with Crippen LogP contribution in [0.15, 0.2) is 0 Å². The highest BCUT2D eigenvalue weighted by atomic mass is 16.2. The first-order valence-electron chi connectivity index (χ1n) is 3.80. The third-order valence-electron chi connectivity index (χ3n) is 1.61. The number of nitrogens with one attached hydrogen (secondary N) is 1. The second-order valence-corrected chi connectivity index (χ2v) is 2.51. The molecular formula is C7H10N2O3. The highest BCUT2D eigenvalue weighted by Crippen LogP contribution is 2.08. The van der Waals surface area contributed by atoms with E-state index in [0.29, 0.717) is 0 Å². The Kier molecular flexibility index (Phi) is 2.42. The van der Waals surface area contributed by atoms with Crippen molar-refractivity contribution in [3.05, 3.63) is 0 Å². The van der Waals surface area contributed by atoms with Crippen molar-refractivity contribution in [1.29, 1.82) is 0 Å². The van der Waals surface area contributed by atoms with Gasteiger partial charge in [0, 0.05) is 19.3 Å². The second-order valence-electron chi connectivity index (χ2n) is 2.51. The molecule has 1 aliphatic rings. The largest absolute Gasteiger partial charge is 0.273 e. The summed E-state index contributed by atoms with van der Waals surface area (Å²) in [6.45, 7) is 1.65. The molecule has 0 aromatic carbocycles. The van der Waals surface area contributed by atoms with E-state index in [-0.39, 0.29) is 37.0 Å². The number of carbonyl (C=O) groups excluding carboxylic acids is 3. The Morgan fingerprint density at radius 2 is 1.92 bits per heavy atom. The zero-order chi connectivity index (χ0) is 9.14. The van der Waals surface area contributed by atoms with Gasteiger partial charge >= 0.3 is 0 Å². The number of rotatable bonds is 2. The fourth-order valence-electron chi connectivity index (χ4n) is 0.905. The van der Waals surface area contributed by atoms with Gasteiger partial charge in [0.15, 0.2) is 0 Å². The molecule has 1 fully saturated rings. The van der Waals surface area contributed by atoms with E-state index in [1.807, 2.05) is 0 Å².